The van der Waals surface area contributed by atoms with Crippen molar-refractivity contribution < 1.29 is 4.79 Å². The zero-order valence-corrected chi connectivity index (χ0v) is 15.1. The highest BCUT2D eigenvalue weighted by atomic mass is 35.5. The zero-order chi connectivity index (χ0) is 17.7. The normalized spacial score (nSPS) is 18.7. The summed E-state index contributed by atoms with van der Waals surface area (Å²) < 4.78 is 0. The van der Waals surface area contributed by atoms with Crippen LogP contribution >= 0.6 is 11.6 Å². The summed E-state index contributed by atoms with van der Waals surface area (Å²) in [6, 6.07) is 1.78. The number of anilines is 1. The van der Waals surface area contributed by atoms with Crippen molar-refractivity contribution in [3.8, 4) is 0 Å². The van der Waals surface area contributed by atoms with Crippen LogP contribution in [0.1, 0.15) is 45.7 Å². The Kier molecular flexibility index (Phi) is 6.01. The number of aliphatic imine (C=N–C) groups is 1. The topological polar surface area (TPSA) is 104 Å². The van der Waals surface area contributed by atoms with E-state index in [0.717, 1.165) is 24.9 Å². The van der Waals surface area contributed by atoms with Crippen LogP contribution in [-0.2, 0) is 4.79 Å². The Morgan fingerprint density at radius 1 is 1.54 bits per heavy atom. The number of nitrogens with one attached hydrogen (secondary N) is 3. The van der Waals surface area contributed by atoms with E-state index in [2.05, 4.69) is 39.8 Å². The van der Waals surface area contributed by atoms with Crippen LogP contribution in [0.25, 0.3) is 0 Å². The number of halogens is 1. The lowest BCUT2D eigenvalue weighted by Gasteiger charge is -2.34. The summed E-state index contributed by atoms with van der Waals surface area (Å²) >= 11 is 6.01. The fourth-order valence-electron chi connectivity index (χ4n) is 2.59. The largest absolute Gasteiger partial charge is 0.361 e. The smallest absolute Gasteiger partial charge is 0.216 e. The van der Waals surface area contributed by atoms with Gasteiger partial charge in [0.15, 0.2) is 12.1 Å². The van der Waals surface area contributed by atoms with Gasteiger partial charge in [-0.25, -0.2) is 9.98 Å². The van der Waals surface area contributed by atoms with E-state index in [0.29, 0.717) is 23.1 Å². The van der Waals surface area contributed by atoms with Crippen LogP contribution in [0.4, 0.5) is 5.69 Å². The number of carbonyl (C=O) groups is 1. The molecule has 0 saturated carbocycles. The van der Waals surface area contributed by atoms with Gasteiger partial charge in [0.05, 0.1) is 16.2 Å². The van der Waals surface area contributed by atoms with Crippen molar-refractivity contribution in [2.24, 2.45) is 10.7 Å². The van der Waals surface area contributed by atoms with Crippen LogP contribution in [-0.4, -0.2) is 35.1 Å². The number of nitrogens with two attached hydrogens (primary N) is 1. The van der Waals surface area contributed by atoms with Crippen molar-refractivity contribution in [1.29, 1.82) is 0 Å². The molecule has 1 aromatic heterocycles. The molecule has 1 amide bonds. The molecule has 24 heavy (non-hydrogen) atoms. The fraction of sp³-hybridized carbons (Fsp3) is 0.562. The highest BCUT2D eigenvalue weighted by Crippen LogP contribution is 2.24. The van der Waals surface area contributed by atoms with E-state index >= 15 is 0 Å². The summed E-state index contributed by atoms with van der Waals surface area (Å²) in [6.07, 6.45) is 3.98. The number of rotatable bonds is 6. The molecule has 0 bridgehead atoms. The van der Waals surface area contributed by atoms with E-state index in [-0.39, 0.29) is 11.4 Å². The molecule has 2 rings (SSSR count). The molecule has 5 N–H and O–H groups in total. The van der Waals surface area contributed by atoms with E-state index in [1.807, 2.05) is 0 Å². The van der Waals surface area contributed by atoms with Crippen molar-refractivity contribution in [3.63, 3.8) is 0 Å². The molecule has 1 aliphatic rings. The second-order valence-electron chi connectivity index (χ2n) is 6.32. The van der Waals surface area contributed by atoms with Crippen molar-refractivity contribution in [2.75, 3.05) is 11.9 Å². The van der Waals surface area contributed by atoms with Crippen LogP contribution in [0, 0.1) is 0 Å². The summed E-state index contributed by atoms with van der Waals surface area (Å²) in [7, 11) is 0. The van der Waals surface area contributed by atoms with Gasteiger partial charge in [0.1, 0.15) is 5.69 Å². The van der Waals surface area contributed by atoms with Gasteiger partial charge < -0.3 is 16.0 Å². The molecule has 1 aromatic rings. The molecule has 0 aromatic carbocycles. The molecule has 132 valence electrons. The molecule has 1 unspecified atom stereocenters. The highest BCUT2D eigenvalue weighted by molar-refractivity contribution is 6.31. The molecule has 8 heteroatoms. The molecule has 0 fully saturated rings. The van der Waals surface area contributed by atoms with Gasteiger partial charge in [-0.1, -0.05) is 31.4 Å². The Morgan fingerprint density at radius 2 is 2.29 bits per heavy atom. The van der Waals surface area contributed by atoms with E-state index in [4.69, 9.17) is 17.3 Å². The lowest BCUT2D eigenvalue weighted by atomic mass is 9.94. The second kappa shape index (κ2) is 7.81. The third-order valence-corrected chi connectivity index (χ3v) is 4.09. The Morgan fingerprint density at radius 3 is 2.96 bits per heavy atom. The number of carbonyl (C=O) groups excluding carboxylic acids is 1. The van der Waals surface area contributed by atoms with Crippen LogP contribution < -0.4 is 21.7 Å². The summed E-state index contributed by atoms with van der Waals surface area (Å²) in [6.45, 7) is 6.20. The van der Waals surface area contributed by atoms with Crippen LogP contribution in [0.2, 0.25) is 5.02 Å². The SMILES string of the molecule is CCCC[C@](C)(CNC(C)=O)NC1=NC(N)Nc2cc(Cl)cnc21. The fourth-order valence-corrected chi connectivity index (χ4v) is 2.75. The summed E-state index contributed by atoms with van der Waals surface area (Å²) in [5.41, 5.74) is 7.01. The maximum atomic E-state index is 11.3. The lowest BCUT2D eigenvalue weighted by molar-refractivity contribution is -0.119. The number of pyridine rings is 1. The number of aromatic nitrogens is 1. The third-order valence-electron chi connectivity index (χ3n) is 3.88. The van der Waals surface area contributed by atoms with Crippen molar-refractivity contribution in [1.82, 2.24) is 15.6 Å². The number of amidine groups is 1. The molecule has 0 spiro atoms. The first-order chi connectivity index (χ1) is 11.3. The third kappa shape index (κ3) is 4.82. The van der Waals surface area contributed by atoms with Crippen LogP contribution in [0.3, 0.4) is 0 Å². The van der Waals surface area contributed by atoms with Crippen molar-refractivity contribution >= 4 is 29.0 Å². The minimum atomic E-state index is -0.573. The van der Waals surface area contributed by atoms with Gasteiger partial charge in [-0.15, -0.1) is 0 Å². The van der Waals surface area contributed by atoms with E-state index in [1.54, 1.807) is 12.3 Å². The van der Waals surface area contributed by atoms with Crippen molar-refractivity contribution in [3.05, 3.63) is 23.0 Å². The predicted octanol–water partition coefficient (Wildman–Crippen LogP) is 1.82. The van der Waals surface area contributed by atoms with Crippen molar-refractivity contribution in [2.45, 2.75) is 51.9 Å². The van der Waals surface area contributed by atoms with Gasteiger partial charge in [-0.05, 0) is 19.4 Å². The first kappa shape index (κ1) is 18.5. The van der Waals surface area contributed by atoms with Gasteiger partial charge in [-0.3, -0.25) is 10.5 Å². The zero-order valence-electron chi connectivity index (χ0n) is 14.3. The van der Waals surface area contributed by atoms with E-state index in [9.17, 15) is 4.79 Å². The van der Waals surface area contributed by atoms with E-state index in [1.165, 1.54) is 6.92 Å². The molecule has 2 atom stereocenters. The first-order valence-corrected chi connectivity index (χ1v) is 8.49. The molecule has 0 aliphatic carbocycles. The summed E-state index contributed by atoms with van der Waals surface area (Å²) in [5, 5.41) is 9.90. The van der Waals surface area contributed by atoms with Gasteiger partial charge >= 0.3 is 0 Å². The first-order valence-electron chi connectivity index (χ1n) is 8.11. The Bertz CT molecular complexity index is 635. The Labute approximate surface area is 147 Å². The van der Waals surface area contributed by atoms with Crippen LogP contribution in [0.15, 0.2) is 17.3 Å². The lowest BCUT2D eigenvalue weighted by Crippen LogP contribution is -2.55. The number of fused-ring (bicyclic) bond motifs is 1. The number of nitrogens with zero attached hydrogens (tertiary/aromatic N) is 2. The minimum Gasteiger partial charge on any atom is -0.361 e. The molecule has 0 saturated heterocycles. The number of hydrogen-bond donors (Lipinski definition) is 4. The summed E-state index contributed by atoms with van der Waals surface area (Å²) in [4.78, 5) is 20.1. The average Bonchev–Trinajstić information content (AvgIpc) is 2.50. The molecule has 0 radical (unpaired) electrons. The van der Waals surface area contributed by atoms with Crippen LogP contribution in [0.5, 0.6) is 0 Å². The maximum Gasteiger partial charge on any atom is 0.216 e. The van der Waals surface area contributed by atoms with Gasteiger partial charge in [-0.2, -0.15) is 0 Å². The molecular weight excluding hydrogens is 328 g/mol. The maximum absolute atomic E-state index is 11.3. The average molecular weight is 353 g/mol. The quantitative estimate of drug-likeness (QED) is 0.625. The number of unbranched alkanes of at least 4 members (excludes halogenated alkanes) is 1. The molecule has 2 heterocycles. The van der Waals surface area contributed by atoms with Gasteiger partial charge in [0, 0.05) is 19.7 Å². The molecule has 7 nitrogen and oxygen atoms in total. The monoisotopic (exact) mass is 352 g/mol. The highest BCUT2D eigenvalue weighted by Gasteiger charge is 2.29. The Balaban J connectivity index is 2.25. The second-order valence-corrected chi connectivity index (χ2v) is 6.75. The molecular formula is C16H25ClN6O. The summed E-state index contributed by atoms with van der Waals surface area (Å²) in [5.74, 6) is 0.547. The number of amides is 1. The standard InChI is InChI=1S/C16H25ClN6O/c1-4-5-6-16(3,9-20-10(2)24)23-14-13-12(21-15(18)22-14)7-11(17)8-19-13/h7-8,15,21H,4-6,9,18H2,1-3H3,(H,20,24)(H,22,23)/t15?,16-/m1/s1. The number of hydrogen-bond acceptors (Lipinski definition) is 6. The predicted molar refractivity (Wildman–Crippen MR) is 97.1 cm³/mol. The Hall–Kier alpha value is -1.86. The van der Waals surface area contributed by atoms with Gasteiger partial charge in [0.25, 0.3) is 0 Å². The van der Waals surface area contributed by atoms with Gasteiger partial charge in [0.2, 0.25) is 5.91 Å². The van der Waals surface area contributed by atoms with E-state index < -0.39 is 6.29 Å². The molecule has 1 aliphatic heterocycles. The minimum absolute atomic E-state index is 0.0613.